The van der Waals surface area contributed by atoms with E-state index in [9.17, 15) is 20.2 Å². The van der Waals surface area contributed by atoms with Crippen LogP contribution in [0.3, 0.4) is 0 Å². The molecule has 0 radical (unpaired) electrons. The molecule has 126 valence electrons. The van der Waals surface area contributed by atoms with Crippen molar-refractivity contribution in [1.82, 2.24) is 10.8 Å². The number of hydrogen-bond acceptors (Lipinski definition) is 8. The first-order valence-electron chi connectivity index (χ1n) is 6.76. The highest BCUT2D eigenvalue weighted by molar-refractivity contribution is 5.33. The third-order valence-corrected chi connectivity index (χ3v) is 3.12. The Hall–Kier alpha value is -2.92. The van der Waals surface area contributed by atoms with Gasteiger partial charge >= 0.3 is 0 Å². The largest absolute Gasteiger partial charge is 0.300 e. The molecule has 0 saturated carbocycles. The van der Waals surface area contributed by atoms with Gasteiger partial charge in [0, 0.05) is 24.3 Å². The molecule has 0 spiro atoms. The quantitative estimate of drug-likeness (QED) is 0.555. The number of nitrogens with one attached hydrogen (secondary N) is 1. The van der Waals surface area contributed by atoms with Crippen molar-refractivity contribution < 1.29 is 19.9 Å². The fraction of sp³-hybridized carbons (Fsp3) is 0.143. The Bertz CT molecular complexity index is 704. The first-order chi connectivity index (χ1) is 11.5. The second-order valence-corrected chi connectivity index (χ2v) is 4.76. The van der Waals surface area contributed by atoms with E-state index in [-0.39, 0.29) is 24.5 Å². The van der Waals surface area contributed by atoms with Crippen molar-refractivity contribution in [3.63, 3.8) is 0 Å². The van der Waals surface area contributed by atoms with Crippen LogP contribution in [0, 0.1) is 20.2 Å². The van der Waals surface area contributed by atoms with E-state index < -0.39 is 9.85 Å². The molecule has 2 rings (SSSR count). The molecule has 0 aliphatic carbocycles. The van der Waals surface area contributed by atoms with Gasteiger partial charge in [-0.25, -0.2) is 0 Å². The fourth-order valence-corrected chi connectivity index (χ4v) is 1.87. The molecule has 10 heteroatoms. The fourth-order valence-electron chi connectivity index (χ4n) is 1.87. The lowest BCUT2D eigenvalue weighted by Crippen LogP contribution is -2.34. The van der Waals surface area contributed by atoms with Crippen LogP contribution in [-0.2, 0) is 18.0 Å². The Balaban J connectivity index is 1.91. The molecule has 2 N–H and O–H groups in total. The molecule has 0 aromatic heterocycles. The van der Waals surface area contributed by atoms with Gasteiger partial charge in [0.25, 0.3) is 11.4 Å². The van der Waals surface area contributed by atoms with Crippen molar-refractivity contribution in [2.24, 2.45) is 0 Å². The molecule has 0 aliphatic rings. The van der Waals surface area contributed by atoms with E-state index in [1.807, 2.05) is 5.59 Å². The van der Waals surface area contributed by atoms with Crippen LogP contribution in [0.15, 0.2) is 48.5 Å². The van der Waals surface area contributed by atoms with Crippen molar-refractivity contribution in [2.75, 3.05) is 0 Å². The number of benzene rings is 2. The van der Waals surface area contributed by atoms with Crippen molar-refractivity contribution >= 4 is 11.4 Å². The number of nitrogens with zero attached hydrogens (tertiary/aromatic N) is 3. The van der Waals surface area contributed by atoms with Gasteiger partial charge in [-0.1, -0.05) is 17.3 Å². The van der Waals surface area contributed by atoms with Crippen molar-refractivity contribution in [3.05, 3.63) is 79.9 Å². The summed E-state index contributed by atoms with van der Waals surface area (Å²) in [6, 6.07) is 11.6. The van der Waals surface area contributed by atoms with Gasteiger partial charge in [-0.3, -0.25) is 30.3 Å². The highest BCUT2D eigenvalue weighted by atomic mass is 16.8. The number of hydrogen-bond donors (Lipinski definition) is 2. The van der Waals surface area contributed by atoms with E-state index in [2.05, 4.69) is 0 Å². The maximum Gasteiger partial charge on any atom is 0.269 e. The number of non-ortho nitro benzene ring substituents is 2. The molecule has 0 bridgehead atoms. The van der Waals surface area contributed by atoms with Gasteiger partial charge < -0.3 is 0 Å². The normalized spacial score (nSPS) is 10.8. The monoisotopic (exact) mass is 334 g/mol. The summed E-state index contributed by atoms with van der Waals surface area (Å²) >= 11 is 0. The molecule has 0 aliphatic heterocycles. The molecule has 0 amide bonds. The second kappa shape index (κ2) is 8.08. The minimum Gasteiger partial charge on any atom is -0.300 e. The number of hydroxylamine groups is 1. The lowest BCUT2D eigenvalue weighted by atomic mass is 10.2. The Kier molecular flexibility index (Phi) is 5.87. The molecule has 2 aromatic carbocycles. The van der Waals surface area contributed by atoms with E-state index in [1.165, 1.54) is 36.4 Å². The van der Waals surface area contributed by atoms with Crippen molar-refractivity contribution in [3.8, 4) is 0 Å². The predicted octanol–water partition coefficient (Wildman–Crippen LogP) is 2.33. The van der Waals surface area contributed by atoms with Crippen LogP contribution < -0.4 is 5.59 Å². The summed E-state index contributed by atoms with van der Waals surface area (Å²) in [4.78, 5) is 25.5. The summed E-state index contributed by atoms with van der Waals surface area (Å²) in [6.07, 6.45) is 0. The average Bonchev–Trinajstić information content (AvgIpc) is 2.59. The molecule has 10 nitrogen and oxygen atoms in total. The highest BCUT2D eigenvalue weighted by Crippen LogP contribution is 2.15. The van der Waals surface area contributed by atoms with Crippen LogP contribution in [0.5, 0.6) is 0 Å². The molecule has 0 unspecified atom stereocenters. The molecular weight excluding hydrogens is 320 g/mol. The number of hydrazine groups is 1. The average molecular weight is 334 g/mol. The summed E-state index contributed by atoms with van der Waals surface area (Å²) in [7, 11) is 0. The zero-order valence-corrected chi connectivity index (χ0v) is 12.4. The molecule has 2 aromatic rings. The van der Waals surface area contributed by atoms with Crippen LogP contribution in [0.2, 0.25) is 0 Å². The Labute approximate surface area is 136 Å². The van der Waals surface area contributed by atoms with Crippen LogP contribution in [0.1, 0.15) is 11.1 Å². The maximum absolute atomic E-state index is 10.6. The second-order valence-electron chi connectivity index (χ2n) is 4.76. The SMILES string of the molecule is O=[N+]([O-])c1ccc(CON(Cc2ccc([N+](=O)[O-])cc2)NO)cc1. The van der Waals surface area contributed by atoms with Crippen LogP contribution in [-0.4, -0.2) is 20.2 Å². The van der Waals surface area contributed by atoms with Gasteiger partial charge in [-0.15, -0.1) is 5.59 Å². The number of rotatable bonds is 8. The number of nitro benzene ring substituents is 2. The summed E-state index contributed by atoms with van der Waals surface area (Å²) in [5.74, 6) is 0. The van der Waals surface area contributed by atoms with Gasteiger partial charge in [-0.05, 0) is 23.3 Å². The summed E-state index contributed by atoms with van der Waals surface area (Å²) in [6.45, 7) is 0.194. The van der Waals surface area contributed by atoms with E-state index in [0.29, 0.717) is 11.1 Å². The Morgan fingerprint density at radius 1 is 0.917 bits per heavy atom. The van der Waals surface area contributed by atoms with Gasteiger partial charge in [0.05, 0.1) is 23.0 Å². The molecule has 24 heavy (non-hydrogen) atoms. The van der Waals surface area contributed by atoms with E-state index in [1.54, 1.807) is 12.1 Å². The minimum atomic E-state index is -0.503. The smallest absolute Gasteiger partial charge is 0.269 e. The van der Waals surface area contributed by atoms with Crippen LogP contribution >= 0.6 is 0 Å². The molecule has 0 atom stereocenters. The van der Waals surface area contributed by atoms with Crippen LogP contribution in [0.25, 0.3) is 0 Å². The van der Waals surface area contributed by atoms with Gasteiger partial charge in [-0.2, -0.15) is 0 Å². The topological polar surface area (TPSA) is 131 Å². The summed E-state index contributed by atoms with van der Waals surface area (Å²) in [5.41, 5.74) is 3.14. The zero-order valence-electron chi connectivity index (χ0n) is 12.4. The Morgan fingerprint density at radius 3 is 1.79 bits per heavy atom. The lowest BCUT2D eigenvalue weighted by Gasteiger charge is -2.19. The third-order valence-electron chi connectivity index (χ3n) is 3.12. The Morgan fingerprint density at radius 2 is 1.38 bits per heavy atom. The lowest BCUT2D eigenvalue weighted by molar-refractivity contribution is -0.385. The first kappa shape index (κ1) is 17.4. The van der Waals surface area contributed by atoms with E-state index >= 15 is 0 Å². The predicted molar refractivity (Wildman–Crippen MR) is 81.4 cm³/mol. The molecule has 0 fully saturated rings. The highest BCUT2D eigenvalue weighted by Gasteiger charge is 2.10. The molecular formula is C14H14N4O6. The zero-order chi connectivity index (χ0) is 17.5. The van der Waals surface area contributed by atoms with Crippen molar-refractivity contribution in [1.29, 1.82) is 0 Å². The minimum absolute atomic E-state index is 0.0261. The van der Waals surface area contributed by atoms with Gasteiger partial charge in [0.1, 0.15) is 0 Å². The van der Waals surface area contributed by atoms with E-state index in [0.717, 1.165) is 5.17 Å². The third kappa shape index (κ3) is 4.79. The standard InChI is InChI=1S/C14H14N4O6/c19-15-16(9-11-1-5-13(6-2-11)17(20)21)24-10-12-3-7-14(8-4-12)18(22)23/h1-8,15,19H,9-10H2. The number of nitro groups is 2. The summed E-state index contributed by atoms with van der Waals surface area (Å²) < 4.78 is 0. The summed E-state index contributed by atoms with van der Waals surface area (Å²) in [5, 5.41) is 31.3. The first-order valence-corrected chi connectivity index (χ1v) is 6.76. The van der Waals surface area contributed by atoms with E-state index in [4.69, 9.17) is 10.0 Å². The van der Waals surface area contributed by atoms with Crippen LogP contribution in [0.4, 0.5) is 11.4 Å². The molecule has 0 saturated heterocycles. The van der Waals surface area contributed by atoms with Crippen molar-refractivity contribution in [2.45, 2.75) is 13.2 Å². The van der Waals surface area contributed by atoms with Gasteiger partial charge in [0.2, 0.25) is 0 Å². The molecule has 0 heterocycles. The maximum atomic E-state index is 10.6. The van der Waals surface area contributed by atoms with Gasteiger partial charge in [0.15, 0.2) is 0 Å².